The first-order valence-corrected chi connectivity index (χ1v) is 9.14. The average Bonchev–Trinajstić information content (AvgIpc) is 2.99. The highest BCUT2D eigenvalue weighted by Crippen LogP contribution is 2.24. The number of methoxy groups -OCH3 is 1. The van der Waals surface area contributed by atoms with Crippen LogP contribution < -0.4 is 10.5 Å². The molecule has 0 atom stereocenters. The fourth-order valence-electron chi connectivity index (χ4n) is 2.66. The van der Waals surface area contributed by atoms with E-state index in [0.717, 1.165) is 15.6 Å². The number of carbonyl (C=O) groups is 1. The molecule has 0 N–H and O–H groups in total. The van der Waals surface area contributed by atoms with Gasteiger partial charge in [0.2, 0.25) is 0 Å². The van der Waals surface area contributed by atoms with Crippen LogP contribution in [-0.2, 0) is 16.1 Å². The quantitative estimate of drug-likeness (QED) is 0.321. The van der Waals surface area contributed by atoms with E-state index in [4.69, 9.17) is 13.9 Å². The molecule has 0 aliphatic rings. The van der Waals surface area contributed by atoms with Crippen molar-refractivity contribution in [1.82, 2.24) is 4.57 Å². The molecule has 0 amide bonds. The molecule has 2 aromatic carbocycles. The fourth-order valence-corrected chi connectivity index (χ4v) is 3.04. The van der Waals surface area contributed by atoms with E-state index in [-0.39, 0.29) is 6.61 Å². The minimum Gasteiger partial charge on any atom is -0.496 e. The molecule has 27 heavy (non-hydrogen) atoms. The number of fused-ring (bicyclic) bond motifs is 1. The molecular formula is C20H18BrNO5. The van der Waals surface area contributed by atoms with Gasteiger partial charge >= 0.3 is 11.7 Å². The number of rotatable bonds is 7. The molecule has 0 fully saturated rings. The SMILES string of the molecule is COc1ccc(Br)cc1/C=C/C(=O)OCCCn1c(=O)oc2ccccc21. The maximum Gasteiger partial charge on any atom is 0.419 e. The summed E-state index contributed by atoms with van der Waals surface area (Å²) < 4.78 is 18.0. The molecule has 1 aromatic heterocycles. The highest BCUT2D eigenvalue weighted by molar-refractivity contribution is 9.10. The van der Waals surface area contributed by atoms with Crippen LogP contribution in [0, 0.1) is 0 Å². The number of esters is 1. The number of para-hydroxylation sites is 2. The Morgan fingerprint density at radius 2 is 2.07 bits per heavy atom. The molecule has 0 aliphatic heterocycles. The van der Waals surface area contributed by atoms with Gasteiger partial charge in [-0.15, -0.1) is 0 Å². The zero-order valence-electron chi connectivity index (χ0n) is 14.7. The third kappa shape index (κ3) is 4.68. The molecule has 0 aliphatic carbocycles. The van der Waals surface area contributed by atoms with Crippen molar-refractivity contribution in [2.24, 2.45) is 0 Å². The van der Waals surface area contributed by atoms with E-state index in [1.807, 2.05) is 36.4 Å². The van der Waals surface area contributed by atoms with Crippen molar-refractivity contribution in [3.8, 4) is 5.75 Å². The summed E-state index contributed by atoms with van der Waals surface area (Å²) in [4.78, 5) is 23.8. The minimum atomic E-state index is -0.457. The lowest BCUT2D eigenvalue weighted by molar-refractivity contribution is -0.137. The summed E-state index contributed by atoms with van der Waals surface area (Å²) in [5.41, 5.74) is 2.04. The highest BCUT2D eigenvalue weighted by Gasteiger charge is 2.08. The summed E-state index contributed by atoms with van der Waals surface area (Å²) in [6.07, 6.45) is 3.49. The monoisotopic (exact) mass is 431 g/mol. The molecule has 3 rings (SSSR count). The Morgan fingerprint density at radius 3 is 2.89 bits per heavy atom. The molecule has 0 bridgehead atoms. The van der Waals surface area contributed by atoms with Crippen molar-refractivity contribution in [3.63, 3.8) is 0 Å². The number of aromatic nitrogens is 1. The van der Waals surface area contributed by atoms with Gasteiger partial charge < -0.3 is 13.9 Å². The predicted octanol–water partition coefficient (Wildman–Crippen LogP) is 4.01. The number of carbonyl (C=O) groups excluding carboxylic acids is 1. The fraction of sp³-hybridized carbons (Fsp3) is 0.200. The lowest BCUT2D eigenvalue weighted by Gasteiger charge is -2.05. The van der Waals surface area contributed by atoms with Gasteiger partial charge in [-0.1, -0.05) is 28.1 Å². The number of ether oxygens (including phenoxy) is 2. The minimum absolute atomic E-state index is 0.199. The Balaban J connectivity index is 1.53. The standard InChI is InChI=1S/C20H18BrNO5/c1-25-17-9-8-15(21)13-14(17)7-10-19(23)26-12-4-11-22-16-5-2-3-6-18(16)27-20(22)24/h2-3,5-10,13H,4,11-12H2,1H3/b10-7+. The Morgan fingerprint density at radius 1 is 1.26 bits per heavy atom. The van der Waals surface area contributed by atoms with E-state index in [0.29, 0.717) is 24.3 Å². The van der Waals surface area contributed by atoms with Gasteiger partial charge in [-0.25, -0.2) is 9.59 Å². The van der Waals surface area contributed by atoms with Crippen LogP contribution in [0.5, 0.6) is 5.75 Å². The summed E-state index contributed by atoms with van der Waals surface area (Å²) in [6.45, 7) is 0.608. The number of hydrogen-bond donors (Lipinski definition) is 0. The molecular weight excluding hydrogens is 414 g/mol. The summed E-state index contributed by atoms with van der Waals surface area (Å²) in [6, 6.07) is 12.7. The van der Waals surface area contributed by atoms with Crippen molar-refractivity contribution in [2.75, 3.05) is 13.7 Å². The second-order valence-corrected chi connectivity index (χ2v) is 6.64. The topological polar surface area (TPSA) is 70.7 Å². The van der Waals surface area contributed by atoms with Crippen LogP contribution >= 0.6 is 15.9 Å². The van der Waals surface area contributed by atoms with E-state index in [2.05, 4.69) is 15.9 Å². The number of hydrogen-bond acceptors (Lipinski definition) is 5. The lowest BCUT2D eigenvalue weighted by Crippen LogP contribution is -2.15. The number of oxazole rings is 1. The van der Waals surface area contributed by atoms with E-state index in [1.165, 1.54) is 10.6 Å². The maximum absolute atomic E-state index is 11.9. The molecule has 3 aromatic rings. The van der Waals surface area contributed by atoms with E-state index in [9.17, 15) is 9.59 Å². The highest BCUT2D eigenvalue weighted by atomic mass is 79.9. The molecule has 0 saturated carbocycles. The van der Waals surface area contributed by atoms with Crippen molar-refractivity contribution >= 4 is 39.1 Å². The molecule has 0 spiro atoms. The van der Waals surface area contributed by atoms with Gasteiger partial charge in [0.1, 0.15) is 5.75 Å². The molecule has 0 radical (unpaired) electrons. The number of nitrogens with zero attached hydrogens (tertiary/aromatic N) is 1. The van der Waals surface area contributed by atoms with Crippen molar-refractivity contribution in [1.29, 1.82) is 0 Å². The third-order valence-corrected chi connectivity index (χ3v) is 4.43. The number of benzene rings is 2. The van der Waals surface area contributed by atoms with E-state index in [1.54, 1.807) is 19.3 Å². The van der Waals surface area contributed by atoms with Gasteiger partial charge in [-0.3, -0.25) is 4.57 Å². The van der Waals surface area contributed by atoms with Crippen LogP contribution in [0.15, 0.2) is 62.2 Å². The molecule has 1 heterocycles. The molecule has 140 valence electrons. The zero-order valence-corrected chi connectivity index (χ0v) is 16.3. The first-order valence-electron chi connectivity index (χ1n) is 8.35. The summed E-state index contributed by atoms with van der Waals surface area (Å²) in [7, 11) is 1.57. The molecule has 6 nitrogen and oxygen atoms in total. The molecule has 0 saturated heterocycles. The first-order chi connectivity index (χ1) is 13.1. The number of halogens is 1. The second-order valence-electron chi connectivity index (χ2n) is 5.73. The van der Waals surface area contributed by atoms with Crippen LogP contribution in [-0.4, -0.2) is 24.3 Å². The van der Waals surface area contributed by atoms with Crippen LogP contribution in [0.25, 0.3) is 17.2 Å². The van der Waals surface area contributed by atoms with Crippen LogP contribution in [0.2, 0.25) is 0 Å². The van der Waals surface area contributed by atoms with Gasteiger partial charge in [0.05, 0.1) is 19.2 Å². The summed E-state index contributed by atoms with van der Waals surface area (Å²) in [5.74, 6) is -0.209. The van der Waals surface area contributed by atoms with Crippen LogP contribution in [0.1, 0.15) is 12.0 Å². The summed E-state index contributed by atoms with van der Waals surface area (Å²) >= 11 is 3.38. The normalized spacial score (nSPS) is 11.2. The molecule has 7 heteroatoms. The lowest BCUT2D eigenvalue weighted by atomic mass is 10.2. The smallest absolute Gasteiger partial charge is 0.419 e. The molecule has 0 unspecified atom stereocenters. The Kier molecular flexibility index (Phi) is 6.13. The van der Waals surface area contributed by atoms with Crippen molar-refractivity contribution in [2.45, 2.75) is 13.0 Å². The summed E-state index contributed by atoms with van der Waals surface area (Å²) in [5, 5.41) is 0. The van der Waals surface area contributed by atoms with Gasteiger partial charge in [0.25, 0.3) is 0 Å². The zero-order chi connectivity index (χ0) is 19.2. The Bertz CT molecular complexity index is 1030. The second kappa shape index (κ2) is 8.73. The van der Waals surface area contributed by atoms with Crippen molar-refractivity contribution < 1.29 is 18.7 Å². The predicted molar refractivity (Wildman–Crippen MR) is 106 cm³/mol. The van der Waals surface area contributed by atoms with Crippen LogP contribution in [0.3, 0.4) is 0 Å². The van der Waals surface area contributed by atoms with Gasteiger partial charge in [-0.05, 0) is 42.8 Å². The van der Waals surface area contributed by atoms with Gasteiger partial charge in [0, 0.05) is 22.7 Å². The average molecular weight is 432 g/mol. The van der Waals surface area contributed by atoms with E-state index >= 15 is 0 Å². The third-order valence-electron chi connectivity index (χ3n) is 3.93. The number of aryl methyl sites for hydroxylation is 1. The van der Waals surface area contributed by atoms with Crippen molar-refractivity contribution in [3.05, 3.63) is 69.1 Å². The van der Waals surface area contributed by atoms with Gasteiger partial charge in [-0.2, -0.15) is 0 Å². The maximum atomic E-state index is 11.9. The van der Waals surface area contributed by atoms with Gasteiger partial charge in [0.15, 0.2) is 5.58 Å². The Hall–Kier alpha value is -2.80. The largest absolute Gasteiger partial charge is 0.496 e. The first kappa shape index (κ1) is 19.0. The Labute approximate surface area is 164 Å². The van der Waals surface area contributed by atoms with Crippen LogP contribution in [0.4, 0.5) is 0 Å². The van der Waals surface area contributed by atoms with E-state index < -0.39 is 11.7 Å².